The van der Waals surface area contributed by atoms with Crippen LogP contribution >= 0.6 is 8.25 Å². The van der Waals surface area contributed by atoms with Gasteiger partial charge in [0.15, 0.2) is 0 Å². The highest BCUT2D eigenvalue weighted by Gasteiger charge is 2.12. The Labute approximate surface area is 105 Å². The molecule has 98 valence electrons. The predicted octanol–water partition coefficient (Wildman–Crippen LogP) is 0.925. The van der Waals surface area contributed by atoms with Crippen molar-refractivity contribution in [1.29, 1.82) is 0 Å². The van der Waals surface area contributed by atoms with Crippen LogP contribution in [0, 0.1) is 6.92 Å². The Hall–Kier alpha value is -1.34. The van der Waals surface area contributed by atoms with Crippen molar-refractivity contribution in [3.63, 3.8) is 0 Å². The van der Waals surface area contributed by atoms with Crippen LogP contribution in [0.3, 0.4) is 0 Å². The number of benzene rings is 1. The molecule has 9 heteroatoms. The van der Waals surface area contributed by atoms with Gasteiger partial charge in [0.1, 0.15) is 6.61 Å². The lowest BCUT2D eigenvalue weighted by atomic mass is 10.2. The first-order chi connectivity index (χ1) is 8.42. The van der Waals surface area contributed by atoms with E-state index in [9.17, 15) is 13.0 Å². The first kappa shape index (κ1) is 14.7. The Bertz CT molecular complexity index is 541. The van der Waals surface area contributed by atoms with Gasteiger partial charge in [0.2, 0.25) is 0 Å². The van der Waals surface area contributed by atoms with Crippen molar-refractivity contribution in [3.8, 4) is 0 Å². The van der Waals surface area contributed by atoms with Crippen LogP contribution in [0.2, 0.25) is 0 Å². The van der Waals surface area contributed by atoms with Gasteiger partial charge in [-0.1, -0.05) is 17.7 Å². The van der Waals surface area contributed by atoms with Gasteiger partial charge in [0.05, 0.1) is 11.1 Å². The standard InChI is InChI=1S/C9H11N2O5PS/c1-8-2-4-9(5-3-8)18(14,15)11-10-6-7-16-17(12)13/h2-6,11H,7H2,1H3/p+1/b10-6+. The summed E-state index contributed by atoms with van der Waals surface area (Å²) in [6.07, 6.45) is 1.04. The predicted molar refractivity (Wildman–Crippen MR) is 65.8 cm³/mol. The van der Waals surface area contributed by atoms with Crippen LogP contribution in [0.1, 0.15) is 5.56 Å². The summed E-state index contributed by atoms with van der Waals surface area (Å²) in [4.78, 5) is 10.3. The molecule has 1 aromatic rings. The highest BCUT2D eigenvalue weighted by Crippen LogP contribution is 2.12. The zero-order valence-electron chi connectivity index (χ0n) is 9.48. The number of nitrogens with zero attached hydrogens (tertiary/aromatic N) is 1. The third kappa shape index (κ3) is 4.89. The van der Waals surface area contributed by atoms with Gasteiger partial charge in [0.25, 0.3) is 10.0 Å². The Morgan fingerprint density at radius 3 is 2.61 bits per heavy atom. The van der Waals surface area contributed by atoms with E-state index in [-0.39, 0.29) is 11.5 Å². The van der Waals surface area contributed by atoms with Gasteiger partial charge < -0.3 is 0 Å². The third-order valence-corrected chi connectivity index (χ3v) is 3.46. The van der Waals surface area contributed by atoms with Crippen LogP contribution in [0.4, 0.5) is 0 Å². The van der Waals surface area contributed by atoms with E-state index in [1.54, 1.807) is 12.1 Å². The largest absolute Gasteiger partial charge is 0.695 e. The zero-order chi connectivity index (χ0) is 13.6. The van der Waals surface area contributed by atoms with E-state index < -0.39 is 18.3 Å². The van der Waals surface area contributed by atoms with Crippen molar-refractivity contribution in [2.75, 3.05) is 6.61 Å². The van der Waals surface area contributed by atoms with Crippen molar-refractivity contribution in [2.45, 2.75) is 11.8 Å². The number of nitrogens with one attached hydrogen (secondary N) is 1. The van der Waals surface area contributed by atoms with Crippen LogP contribution < -0.4 is 4.83 Å². The molecule has 0 aliphatic carbocycles. The molecule has 0 aliphatic rings. The minimum absolute atomic E-state index is 0.0828. The fraction of sp³-hybridized carbons (Fsp3) is 0.222. The summed E-state index contributed by atoms with van der Waals surface area (Å²) >= 11 is 0. The van der Waals surface area contributed by atoms with Gasteiger partial charge in [-0.3, -0.25) is 0 Å². The van der Waals surface area contributed by atoms with Crippen LogP contribution in [-0.4, -0.2) is 26.1 Å². The van der Waals surface area contributed by atoms with E-state index in [1.165, 1.54) is 12.1 Å². The second kappa shape index (κ2) is 6.55. The highest BCUT2D eigenvalue weighted by molar-refractivity contribution is 7.89. The second-order valence-electron chi connectivity index (χ2n) is 3.25. The number of hydrogen-bond donors (Lipinski definition) is 2. The van der Waals surface area contributed by atoms with Crippen LogP contribution in [-0.2, 0) is 19.1 Å². The third-order valence-electron chi connectivity index (χ3n) is 1.85. The molecule has 0 saturated heterocycles. The summed E-state index contributed by atoms with van der Waals surface area (Å²) < 4.78 is 37.7. The molecule has 7 nitrogen and oxygen atoms in total. The Morgan fingerprint density at radius 2 is 2.06 bits per heavy atom. The molecule has 0 spiro atoms. The van der Waals surface area contributed by atoms with Crippen LogP contribution in [0.5, 0.6) is 0 Å². The highest BCUT2D eigenvalue weighted by atomic mass is 32.2. The minimum Gasteiger partial charge on any atom is -0.200 e. The second-order valence-corrected chi connectivity index (χ2v) is 5.65. The van der Waals surface area contributed by atoms with Crippen molar-refractivity contribution < 1.29 is 22.4 Å². The van der Waals surface area contributed by atoms with Gasteiger partial charge in [-0.05, 0) is 19.1 Å². The summed E-state index contributed by atoms with van der Waals surface area (Å²) in [5.74, 6) is 0. The zero-order valence-corrected chi connectivity index (χ0v) is 11.2. The first-order valence-corrected chi connectivity index (χ1v) is 7.42. The Kier molecular flexibility index (Phi) is 5.36. The maximum Gasteiger partial charge on any atom is 0.695 e. The molecule has 0 heterocycles. The molecule has 1 aromatic carbocycles. The smallest absolute Gasteiger partial charge is 0.200 e. The molecule has 1 atom stereocenters. The van der Waals surface area contributed by atoms with Crippen molar-refractivity contribution in [1.82, 2.24) is 4.83 Å². The summed E-state index contributed by atoms with van der Waals surface area (Å²) in [5.41, 5.74) is 0.942. The van der Waals surface area contributed by atoms with Gasteiger partial charge in [-0.2, -0.15) is 13.5 Å². The van der Waals surface area contributed by atoms with Gasteiger partial charge >= 0.3 is 8.25 Å². The lowest BCUT2D eigenvalue weighted by Crippen LogP contribution is -2.18. The van der Waals surface area contributed by atoms with E-state index >= 15 is 0 Å². The van der Waals surface area contributed by atoms with Crippen molar-refractivity contribution in [3.05, 3.63) is 29.8 Å². The van der Waals surface area contributed by atoms with Crippen molar-refractivity contribution >= 4 is 24.5 Å². The molecule has 18 heavy (non-hydrogen) atoms. The molecular formula is C9H12N2O5PS+. The molecule has 0 aliphatic heterocycles. The molecule has 0 fully saturated rings. The summed E-state index contributed by atoms with van der Waals surface area (Å²) in [5, 5.41) is 3.39. The summed E-state index contributed by atoms with van der Waals surface area (Å²) in [6.45, 7) is 1.58. The number of rotatable bonds is 6. The van der Waals surface area contributed by atoms with E-state index in [0.29, 0.717) is 0 Å². The molecule has 2 N–H and O–H groups in total. The maximum atomic E-state index is 11.7. The SMILES string of the molecule is Cc1ccc(S(=O)(=O)N/N=C/CO[P+](=O)O)cc1. The van der Waals surface area contributed by atoms with E-state index in [4.69, 9.17) is 4.89 Å². The number of hydrazone groups is 1. The quantitative estimate of drug-likeness (QED) is 0.461. The van der Waals surface area contributed by atoms with Crippen LogP contribution in [0.25, 0.3) is 0 Å². The number of hydrogen-bond acceptors (Lipinski definition) is 5. The monoisotopic (exact) mass is 291 g/mol. The molecule has 0 bridgehead atoms. The lowest BCUT2D eigenvalue weighted by Gasteiger charge is -2.02. The van der Waals surface area contributed by atoms with E-state index in [1.807, 2.05) is 11.8 Å². The molecule has 1 rings (SSSR count). The average Bonchev–Trinajstić information content (AvgIpc) is 2.28. The number of aryl methyl sites for hydroxylation is 1. The molecule has 0 aromatic heterocycles. The molecule has 0 amide bonds. The molecular weight excluding hydrogens is 279 g/mol. The van der Waals surface area contributed by atoms with Gasteiger partial charge in [-0.25, -0.2) is 4.83 Å². The summed E-state index contributed by atoms with van der Waals surface area (Å²) in [6, 6.07) is 6.23. The summed E-state index contributed by atoms with van der Waals surface area (Å²) in [7, 11) is -6.43. The average molecular weight is 291 g/mol. The Morgan fingerprint density at radius 1 is 1.44 bits per heavy atom. The first-order valence-electron chi connectivity index (χ1n) is 4.81. The fourth-order valence-electron chi connectivity index (χ4n) is 1.01. The topological polar surface area (TPSA) is 105 Å². The molecule has 0 saturated carbocycles. The Balaban J connectivity index is 2.60. The lowest BCUT2D eigenvalue weighted by molar-refractivity contribution is 0.323. The minimum atomic E-state index is -3.72. The van der Waals surface area contributed by atoms with Gasteiger partial charge in [0, 0.05) is 4.57 Å². The van der Waals surface area contributed by atoms with Crippen LogP contribution in [0.15, 0.2) is 34.3 Å². The van der Waals surface area contributed by atoms with E-state index in [0.717, 1.165) is 11.8 Å². The normalized spacial score (nSPS) is 12.7. The van der Waals surface area contributed by atoms with E-state index in [2.05, 4.69) is 9.63 Å². The fourth-order valence-corrected chi connectivity index (χ4v) is 2.02. The number of sulfonamides is 1. The molecule has 1 unspecified atom stereocenters. The van der Waals surface area contributed by atoms with Gasteiger partial charge in [-0.15, -0.1) is 9.42 Å². The molecule has 0 radical (unpaired) electrons. The van der Waals surface area contributed by atoms with Crippen molar-refractivity contribution in [2.24, 2.45) is 5.10 Å². The maximum absolute atomic E-state index is 11.7.